The van der Waals surface area contributed by atoms with E-state index in [9.17, 15) is 4.79 Å². The van der Waals surface area contributed by atoms with E-state index in [0.29, 0.717) is 16.5 Å². The summed E-state index contributed by atoms with van der Waals surface area (Å²) in [6.07, 6.45) is 3.48. The van der Waals surface area contributed by atoms with Crippen LogP contribution in [-0.4, -0.2) is 60.1 Å². The molecule has 138 valence electrons. The van der Waals surface area contributed by atoms with Gasteiger partial charge in [0.2, 0.25) is 11.9 Å². The molecule has 2 aromatic rings. The summed E-state index contributed by atoms with van der Waals surface area (Å²) >= 11 is 6.03. The maximum atomic E-state index is 12.7. The van der Waals surface area contributed by atoms with Crippen molar-refractivity contribution in [3.8, 4) is 5.75 Å². The van der Waals surface area contributed by atoms with Gasteiger partial charge in [0.05, 0.1) is 18.8 Å². The zero-order chi connectivity index (χ0) is 18.5. The van der Waals surface area contributed by atoms with Crippen LogP contribution >= 0.6 is 11.6 Å². The normalized spacial score (nSPS) is 16.2. The van der Waals surface area contributed by atoms with Crippen molar-refractivity contribution in [1.82, 2.24) is 14.9 Å². The van der Waals surface area contributed by atoms with Gasteiger partial charge in [0.25, 0.3) is 0 Å². The fourth-order valence-corrected chi connectivity index (χ4v) is 3.12. The smallest absolute Gasteiger partial charge is 0.241 e. The van der Waals surface area contributed by atoms with Crippen LogP contribution in [0.15, 0.2) is 36.7 Å². The number of amides is 1. The molecule has 1 atom stereocenters. The van der Waals surface area contributed by atoms with E-state index in [1.54, 1.807) is 43.8 Å². The third-order valence-corrected chi connectivity index (χ3v) is 4.73. The van der Waals surface area contributed by atoms with Gasteiger partial charge in [-0.1, -0.05) is 11.6 Å². The third-order valence-electron chi connectivity index (χ3n) is 4.50. The highest BCUT2D eigenvalue weighted by Gasteiger charge is 2.27. The lowest BCUT2D eigenvalue weighted by Crippen LogP contribution is -2.53. The number of methoxy groups -OCH3 is 1. The Morgan fingerprint density at radius 3 is 2.58 bits per heavy atom. The quantitative estimate of drug-likeness (QED) is 0.864. The van der Waals surface area contributed by atoms with Gasteiger partial charge in [0.15, 0.2) is 0 Å². The zero-order valence-electron chi connectivity index (χ0n) is 14.9. The molecule has 0 bridgehead atoms. The zero-order valence-corrected chi connectivity index (χ0v) is 15.6. The molecule has 2 heterocycles. The number of carbonyl (C=O) groups excluding carboxylic acids is 1. The second kappa shape index (κ2) is 8.33. The molecular formula is C18H22ClN5O2. The summed E-state index contributed by atoms with van der Waals surface area (Å²) in [5.74, 6) is 1.23. The van der Waals surface area contributed by atoms with Crippen molar-refractivity contribution in [2.75, 3.05) is 43.5 Å². The molecule has 1 amide bonds. The van der Waals surface area contributed by atoms with Crippen LogP contribution in [0.2, 0.25) is 5.02 Å². The highest BCUT2D eigenvalue weighted by atomic mass is 35.5. The van der Waals surface area contributed by atoms with Gasteiger partial charge in [-0.15, -0.1) is 0 Å². The Bertz CT molecular complexity index is 751. The summed E-state index contributed by atoms with van der Waals surface area (Å²) < 4.78 is 5.28. The fourth-order valence-electron chi connectivity index (χ4n) is 2.94. The van der Waals surface area contributed by atoms with E-state index in [1.165, 1.54) is 0 Å². The molecule has 1 N–H and O–H groups in total. The van der Waals surface area contributed by atoms with Gasteiger partial charge in [0.1, 0.15) is 5.75 Å². The van der Waals surface area contributed by atoms with Gasteiger partial charge in [-0.2, -0.15) is 0 Å². The molecule has 0 aliphatic carbocycles. The Morgan fingerprint density at radius 1 is 1.23 bits per heavy atom. The van der Waals surface area contributed by atoms with Crippen LogP contribution in [0.5, 0.6) is 5.75 Å². The van der Waals surface area contributed by atoms with Crippen LogP contribution in [0.1, 0.15) is 6.92 Å². The predicted molar refractivity (Wildman–Crippen MR) is 102 cm³/mol. The number of rotatable bonds is 5. The van der Waals surface area contributed by atoms with E-state index in [2.05, 4.69) is 25.1 Å². The Balaban J connectivity index is 1.59. The molecule has 0 radical (unpaired) electrons. The average molecular weight is 376 g/mol. The Kier molecular flexibility index (Phi) is 5.90. The van der Waals surface area contributed by atoms with Gasteiger partial charge in [-0.05, 0) is 31.2 Å². The van der Waals surface area contributed by atoms with Gasteiger partial charge in [0, 0.05) is 43.6 Å². The van der Waals surface area contributed by atoms with Crippen molar-refractivity contribution >= 4 is 29.1 Å². The van der Waals surface area contributed by atoms with E-state index in [0.717, 1.165) is 32.1 Å². The standard InChI is InChI=1S/C18H22ClN5O2/c1-13(17(25)22-15-12-14(19)4-5-16(15)26-2)23-8-10-24(11-9-23)18-20-6-3-7-21-18/h3-7,12-13H,8-11H2,1-2H3,(H,22,25)/t13-/m1/s1. The van der Waals surface area contributed by atoms with Crippen LogP contribution in [-0.2, 0) is 4.79 Å². The number of ether oxygens (including phenoxy) is 1. The van der Waals surface area contributed by atoms with Crippen molar-refractivity contribution in [3.05, 3.63) is 41.7 Å². The van der Waals surface area contributed by atoms with Crippen LogP contribution < -0.4 is 15.0 Å². The maximum absolute atomic E-state index is 12.7. The summed E-state index contributed by atoms with van der Waals surface area (Å²) in [4.78, 5) is 25.5. The summed E-state index contributed by atoms with van der Waals surface area (Å²) in [6, 6.07) is 6.69. The van der Waals surface area contributed by atoms with Crippen LogP contribution in [0, 0.1) is 0 Å². The lowest BCUT2D eigenvalue weighted by Gasteiger charge is -2.37. The lowest BCUT2D eigenvalue weighted by atomic mass is 10.2. The summed E-state index contributed by atoms with van der Waals surface area (Å²) in [5, 5.41) is 3.46. The van der Waals surface area contributed by atoms with Gasteiger partial charge in [-0.3, -0.25) is 9.69 Å². The first kappa shape index (κ1) is 18.4. The Labute approximate surface area is 157 Å². The molecule has 1 saturated heterocycles. The molecule has 0 unspecified atom stereocenters. The molecule has 1 aromatic carbocycles. The minimum Gasteiger partial charge on any atom is -0.495 e. The first-order chi connectivity index (χ1) is 12.6. The molecule has 1 fully saturated rings. The number of hydrogen-bond donors (Lipinski definition) is 1. The molecule has 0 spiro atoms. The van der Waals surface area contributed by atoms with Crippen LogP contribution in [0.4, 0.5) is 11.6 Å². The van der Waals surface area contributed by atoms with Gasteiger partial charge in [-0.25, -0.2) is 9.97 Å². The minimum atomic E-state index is -0.266. The number of benzene rings is 1. The second-order valence-corrected chi connectivity index (χ2v) is 6.52. The average Bonchev–Trinajstić information content (AvgIpc) is 2.68. The third kappa shape index (κ3) is 4.23. The molecule has 0 saturated carbocycles. The summed E-state index contributed by atoms with van der Waals surface area (Å²) in [6.45, 7) is 4.99. The number of nitrogens with zero attached hydrogens (tertiary/aromatic N) is 4. The monoisotopic (exact) mass is 375 g/mol. The second-order valence-electron chi connectivity index (χ2n) is 6.08. The highest BCUT2D eigenvalue weighted by molar-refractivity contribution is 6.31. The van der Waals surface area contributed by atoms with Crippen molar-refractivity contribution < 1.29 is 9.53 Å². The van der Waals surface area contributed by atoms with Crippen LogP contribution in [0.25, 0.3) is 0 Å². The molecule has 1 aliphatic heterocycles. The number of carbonyl (C=O) groups is 1. The van der Waals surface area contributed by atoms with Crippen molar-refractivity contribution in [2.24, 2.45) is 0 Å². The first-order valence-electron chi connectivity index (χ1n) is 8.49. The molecule has 26 heavy (non-hydrogen) atoms. The number of aromatic nitrogens is 2. The van der Waals surface area contributed by atoms with Crippen LogP contribution in [0.3, 0.4) is 0 Å². The van der Waals surface area contributed by atoms with E-state index in [-0.39, 0.29) is 11.9 Å². The Morgan fingerprint density at radius 2 is 1.92 bits per heavy atom. The summed E-state index contributed by atoms with van der Waals surface area (Å²) in [7, 11) is 1.56. The van der Waals surface area contributed by atoms with Gasteiger partial charge >= 0.3 is 0 Å². The summed E-state index contributed by atoms with van der Waals surface area (Å²) in [5.41, 5.74) is 0.577. The van der Waals surface area contributed by atoms with E-state index >= 15 is 0 Å². The van der Waals surface area contributed by atoms with E-state index in [1.807, 2.05) is 6.92 Å². The highest BCUT2D eigenvalue weighted by Crippen LogP contribution is 2.28. The van der Waals surface area contributed by atoms with Gasteiger partial charge < -0.3 is 15.0 Å². The largest absolute Gasteiger partial charge is 0.495 e. The number of anilines is 2. The molecule has 8 heteroatoms. The number of nitrogens with one attached hydrogen (secondary N) is 1. The Hall–Kier alpha value is -2.38. The minimum absolute atomic E-state index is 0.0880. The molecule has 1 aliphatic rings. The number of hydrogen-bond acceptors (Lipinski definition) is 6. The fraction of sp³-hybridized carbons (Fsp3) is 0.389. The first-order valence-corrected chi connectivity index (χ1v) is 8.86. The maximum Gasteiger partial charge on any atom is 0.241 e. The van der Waals surface area contributed by atoms with E-state index < -0.39 is 0 Å². The number of piperazine rings is 1. The lowest BCUT2D eigenvalue weighted by molar-refractivity contribution is -0.120. The molecular weight excluding hydrogens is 354 g/mol. The molecule has 7 nitrogen and oxygen atoms in total. The van der Waals surface area contributed by atoms with Crippen molar-refractivity contribution in [3.63, 3.8) is 0 Å². The topological polar surface area (TPSA) is 70.6 Å². The van der Waals surface area contributed by atoms with Crippen molar-refractivity contribution in [2.45, 2.75) is 13.0 Å². The molecule has 3 rings (SSSR count). The SMILES string of the molecule is COc1ccc(Cl)cc1NC(=O)[C@@H](C)N1CCN(c2ncccn2)CC1. The van der Waals surface area contributed by atoms with E-state index in [4.69, 9.17) is 16.3 Å². The van der Waals surface area contributed by atoms with Crippen molar-refractivity contribution in [1.29, 1.82) is 0 Å². The molecule has 1 aromatic heterocycles. The number of halogens is 1. The predicted octanol–water partition coefficient (Wildman–Crippen LogP) is 2.29.